The van der Waals surface area contributed by atoms with Gasteiger partial charge >= 0.3 is 18.9 Å². The van der Waals surface area contributed by atoms with Gasteiger partial charge in [-0.2, -0.15) is 0 Å². The standard InChI is InChI=1S/C3H5F2O3S.Li/c4-1-3(2-5)9(6,7)8;/h1-2H2,(H,6,7,8);/q-1;+1. The average molecular weight is 166 g/mol. The molecule has 7 heteroatoms. The van der Waals surface area contributed by atoms with Crippen molar-refractivity contribution in [2.24, 2.45) is 0 Å². The number of hydrogen-bond acceptors (Lipinski definition) is 2. The quantitative estimate of drug-likeness (QED) is 0.283. The summed E-state index contributed by atoms with van der Waals surface area (Å²) in [7, 11) is -4.60. The van der Waals surface area contributed by atoms with Crippen molar-refractivity contribution < 1.29 is 40.6 Å². The molecule has 0 amide bonds. The van der Waals surface area contributed by atoms with Gasteiger partial charge in [0, 0.05) is 0 Å². The van der Waals surface area contributed by atoms with Crippen LogP contribution in [0.25, 0.3) is 0 Å². The molecule has 0 aromatic heterocycles. The molecule has 0 aromatic carbocycles. The predicted octanol–water partition coefficient (Wildman–Crippen LogP) is -2.65. The van der Waals surface area contributed by atoms with Gasteiger partial charge in [-0.15, -0.1) is 5.25 Å². The first-order valence-corrected chi connectivity index (χ1v) is 3.40. The average Bonchev–Trinajstić information content (AvgIpc) is 1.65. The molecule has 0 fully saturated rings. The fourth-order valence-corrected chi connectivity index (χ4v) is 0.449. The summed E-state index contributed by atoms with van der Waals surface area (Å²) in [5.74, 6) is 0. The van der Waals surface area contributed by atoms with Crippen LogP contribution in [0.4, 0.5) is 8.78 Å². The van der Waals surface area contributed by atoms with E-state index in [-0.39, 0.29) is 18.9 Å². The van der Waals surface area contributed by atoms with Crippen LogP contribution in [0.2, 0.25) is 0 Å². The van der Waals surface area contributed by atoms with E-state index in [4.69, 9.17) is 4.55 Å². The fraction of sp³-hybridized carbons (Fsp3) is 0.667. The molecule has 10 heavy (non-hydrogen) atoms. The van der Waals surface area contributed by atoms with Gasteiger partial charge < -0.3 is 4.55 Å². The first-order chi connectivity index (χ1) is 4.02. The molecule has 1 N–H and O–H groups in total. The molecular weight excluding hydrogens is 161 g/mol. The molecule has 0 unspecified atom stereocenters. The Morgan fingerprint density at radius 2 is 1.60 bits per heavy atom. The first kappa shape index (κ1) is 13.0. The summed E-state index contributed by atoms with van der Waals surface area (Å²) in [5.41, 5.74) is 0. The smallest absolute Gasteiger partial charge is 0.309 e. The minimum Gasteiger partial charge on any atom is -0.309 e. The van der Waals surface area contributed by atoms with Crippen LogP contribution < -0.4 is 18.9 Å². The molecule has 0 radical (unpaired) electrons. The summed E-state index contributed by atoms with van der Waals surface area (Å²) in [6, 6.07) is 0. The maximum Gasteiger partial charge on any atom is 1.00 e. The van der Waals surface area contributed by atoms with E-state index in [9.17, 15) is 17.2 Å². The van der Waals surface area contributed by atoms with E-state index < -0.39 is 28.7 Å². The maximum atomic E-state index is 11.3. The molecule has 0 heterocycles. The third-order valence-electron chi connectivity index (χ3n) is 0.663. The third kappa shape index (κ3) is 4.23. The minimum atomic E-state index is -4.60. The van der Waals surface area contributed by atoms with Gasteiger partial charge in [-0.3, -0.25) is 8.78 Å². The van der Waals surface area contributed by atoms with E-state index >= 15 is 0 Å². The van der Waals surface area contributed by atoms with E-state index in [1.807, 2.05) is 0 Å². The summed E-state index contributed by atoms with van der Waals surface area (Å²) in [4.78, 5) is 0. The van der Waals surface area contributed by atoms with Crippen LogP contribution in [-0.4, -0.2) is 26.3 Å². The van der Waals surface area contributed by atoms with Crippen LogP contribution in [-0.2, 0) is 10.1 Å². The van der Waals surface area contributed by atoms with Gasteiger partial charge in [-0.25, -0.2) is 8.42 Å². The monoisotopic (exact) mass is 166 g/mol. The molecule has 0 rings (SSSR count). The Labute approximate surface area is 69.7 Å². The Hall–Kier alpha value is 0.367. The van der Waals surface area contributed by atoms with Crippen molar-refractivity contribution in [1.29, 1.82) is 0 Å². The SMILES string of the molecule is O=S(=O)(O)[C-](CF)CF.[Li+]. The van der Waals surface area contributed by atoms with Crippen LogP contribution in [0.15, 0.2) is 0 Å². The van der Waals surface area contributed by atoms with Crippen molar-refractivity contribution in [3.8, 4) is 0 Å². The van der Waals surface area contributed by atoms with Gasteiger partial charge in [-0.1, -0.05) is 0 Å². The normalized spacial score (nSPS) is 11.2. The number of halogens is 2. The second kappa shape index (κ2) is 5.08. The van der Waals surface area contributed by atoms with Crippen molar-refractivity contribution in [3.05, 3.63) is 5.25 Å². The molecule has 0 aliphatic rings. The van der Waals surface area contributed by atoms with Gasteiger partial charge in [0.15, 0.2) is 0 Å². The van der Waals surface area contributed by atoms with Gasteiger partial charge in [0.2, 0.25) is 0 Å². The Balaban J connectivity index is 0. The van der Waals surface area contributed by atoms with Gasteiger partial charge in [0.25, 0.3) is 0 Å². The largest absolute Gasteiger partial charge is 1.00 e. The number of hydrogen-bond donors (Lipinski definition) is 1. The Bertz CT molecular complexity index is 165. The second-order valence-electron chi connectivity index (χ2n) is 1.28. The molecule has 0 saturated heterocycles. The van der Waals surface area contributed by atoms with Crippen molar-refractivity contribution in [1.82, 2.24) is 0 Å². The van der Waals surface area contributed by atoms with Gasteiger partial charge in [0.05, 0.1) is 0 Å². The first-order valence-electron chi connectivity index (χ1n) is 1.96. The molecule has 3 nitrogen and oxygen atoms in total. The third-order valence-corrected chi connectivity index (χ3v) is 1.61. The van der Waals surface area contributed by atoms with E-state index in [2.05, 4.69) is 0 Å². The van der Waals surface area contributed by atoms with Gasteiger partial charge in [-0.05, 0) is 13.3 Å². The zero-order valence-electron chi connectivity index (χ0n) is 5.34. The molecular formula is C3H5F2LiO3S. The van der Waals surface area contributed by atoms with Crippen LogP contribution in [0.3, 0.4) is 0 Å². The minimum absolute atomic E-state index is 0. The van der Waals surface area contributed by atoms with Crippen LogP contribution in [0.1, 0.15) is 0 Å². The molecule has 0 aromatic rings. The summed E-state index contributed by atoms with van der Waals surface area (Å²) >= 11 is 0. The topological polar surface area (TPSA) is 54.4 Å². The molecule has 0 aliphatic heterocycles. The van der Waals surface area contributed by atoms with E-state index in [1.165, 1.54) is 0 Å². The van der Waals surface area contributed by atoms with Crippen molar-refractivity contribution in [2.45, 2.75) is 0 Å². The zero-order chi connectivity index (χ0) is 7.49. The number of rotatable bonds is 3. The van der Waals surface area contributed by atoms with E-state index in [0.717, 1.165) is 0 Å². The van der Waals surface area contributed by atoms with Crippen LogP contribution in [0.5, 0.6) is 0 Å². The van der Waals surface area contributed by atoms with Crippen molar-refractivity contribution in [3.63, 3.8) is 0 Å². The summed E-state index contributed by atoms with van der Waals surface area (Å²) < 4.78 is 50.3. The van der Waals surface area contributed by atoms with Crippen molar-refractivity contribution in [2.75, 3.05) is 13.3 Å². The van der Waals surface area contributed by atoms with E-state index in [0.29, 0.717) is 0 Å². The molecule has 0 atom stereocenters. The van der Waals surface area contributed by atoms with E-state index in [1.54, 1.807) is 0 Å². The van der Waals surface area contributed by atoms with Crippen LogP contribution >= 0.6 is 0 Å². The molecule has 0 aliphatic carbocycles. The molecule has 0 spiro atoms. The summed E-state index contributed by atoms with van der Waals surface area (Å²) in [6.07, 6.45) is 0. The second-order valence-corrected chi connectivity index (χ2v) is 2.81. The van der Waals surface area contributed by atoms with Crippen LogP contribution in [0, 0.1) is 5.25 Å². The summed E-state index contributed by atoms with van der Waals surface area (Å²) in [6.45, 7) is -2.95. The van der Waals surface area contributed by atoms with Crippen molar-refractivity contribution >= 4 is 10.1 Å². The fourth-order valence-electron chi connectivity index (χ4n) is 0.174. The summed E-state index contributed by atoms with van der Waals surface area (Å²) in [5, 5.41) is -1.14. The Morgan fingerprint density at radius 3 is 1.60 bits per heavy atom. The van der Waals surface area contributed by atoms with Gasteiger partial charge in [0.1, 0.15) is 10.1 Å². The predicted molar refractivity (Wildman–Crippen MR) is 26.7 cm³/mol. The number of alkyl halides is 2. The molecule has 0 bridgehead atoms. The zero-order valence-corrected chi connectivity index (χ0v) is 6.16. The molecule has 56 valence electrons. The Morgan fingerprint density at radius 1 is 1.30 bits per heavy atom. The maximum absolute atomic E-state index is 11.3. The molecule has 0 saturated carbocycles. The Kier molecular flexibility index (Phi) is 6.59.